The number of nitrogens with one attached hydrogen (secondary N) is 2. The van der Waals surface area contributed by atoms with Gasteiger partial charge >= 0.3 is 0 Å². The SMILES string of the molecule is COc1cc2c(cc1NC(=O)CN(C)CC(=O)Nc1c(Cl)cccc1Cl)oc1ccccc12. The first kappa shape index (κ1) is 22.9. The van der Waals surface area contributed by atoms with E-state index in [9.17, 15) is 9.59 Å². The van der Waals surface area contributed by atoms with E-state index in [0.29, 0.717) is 32.8 Å². The fraction of sp³-hybridized carbons (Fsp3) is 0.167. The predicted octanol–water partition coefficient (Wildman–Crippen LogP) is 5.41. The third-order valence-corrected chi connectivity index (χ3v) is 5.66. The van der Waals surface area contributed by atoms with Crippen molar-refractivity contribution in [3.63, 3.8) is 0 Å². The van der Waals surface area contributed by atoms with Gasteiger partial charge in [-0.25, -0.2) is 0 Å². The number of rotatable bonds is 7. The Morgan fingerprint density at radius 1 is 0.909 bits per heavy atom. The summed E-state index contributed by atoms with van der Waals surface area (Å²) in [5.74, 6) is -0.146. The minimum atomic E-state index is -0.346. The molecule has 0 fully saturated rings. The van der Waals surface area contributed by atoms with Crippen molar-refractivity contribution in [2.24, 2.45) is 0 Å². The maximum atomic E-state index is 12.6. The van der Waals surface area contributed by atoms with Crippen molar-refractivity contribution in [2.45, 2.75) is 0 Å². The first-order chi connectivity index (χ1) is 15.9. The van der Waals surface area contributed by atoms with Crippen LogP contribution in [0.25, 0.3) is 21.9 Å². The summed E-state index contributed by atoms with van der Waals surface area (Å²) >= 11 is 12.2. The zero-order valence-corrected chi connectivity index (χ0v) is 19.5. The van der Waals surface area contributed by atoms with Gasteiger partial charge in [0.1, 0.15) is 16.9 Å². The number of fused-ring (bicyclic) bond motifs is 3. The molecule has 0 saturated heterocycles. The van der Waals surface area contributed by atoms with Gasteiger partial charge in [0.15, 0.2) is 0 Å². The molecule has 4 aromatic rings. The van der Waals surface area contributed by atoms with Gasteiger partial charge in [-0.2, -0.15) is 0 Å². The number of furan rings is 1. The third kappa shape index (κ3) is 5.06. The van der Waals surface area contributed by atoms with Crippen molar-refractivity contribution in [3.05, 3.63) is 64.6 Å². The van der Waals surface area contributed by atoms with Crippen molar-refractivity contribution >= 4 is 68.3 Å². The number of methoxy groups -OCH3 is 1. The normalized spacial score (nSPS) is 11.2. The number of carbonyl (C=O) groups is 2. The number of carbonyl (C=O) groups excluding carboxylic acids is 2. The van der Waals surface area contributed by atoms with E-state index < -0.39 is 0 Å². The molecule has 0 spiro atoms. The van der Waals surface area contributed by atoms with Crippen molar-refractivity contribution in [1.82, 2.24) is 4.90 Å². The lowest BCUT2D eigenvalue weighted by Crippen LogP contribution is -2.36. The molecule has 3 aromatic carbocycles. The number of ether oxygens (including phenoxy) is 1. The van der Waals surface area contributed by atoms with E-state index in [2.05, 4.69) is 10.6 Å². The van der Waals surface area contributed by atoms with Crippen LogP contribution >= 0.6 is 23.2 Å². The number of anilines is 2. The quantitative estimate of drug-likeness (QED) is 0.365. The first-order valence-electron chi connectivity index (χ1n) is 10.1. The predicted molar refractivity (Wildman–Crippen MR) is 131 cm³/mol. The van der Waals surface area contributed by atoms with Crippen molar-refractivity contribution in [1.29, 1.82) is 0 Å². The van der Waals surface area contributed by atoms with Crippen molar-refractivity contribution in [3.8, 4) is 5.75 Å². The Balaban J connectivity index is 1.42. The van der Waals surface area contributed by atoms with Crippen LogP contribution in [0.1, 0.15) is 0 Å². The Morgan fingerprint density at radius 3 is 2.27 bits per heavy atom. The molecule has 0 aliphatic heterocycles. The van der Waals surface area contributed by atoms with Gasteiger partial charge in [0, 0.05) is 16.8 Å². The van der Waals surface area contributed by atoms with Gasteiger partial charge in [0.2, 0.25) is 11.8 Å². The van der Waals surface area contributed by atoms with E-state index in [1.807, 2.05) is 30.3 Å². The molecule has 0 aliphatic rings. The molecule has 170 valence electrons. The molecule has 9 heteroatoms. The number of hydrogen-bond acceptors (Lipinski definition) is 5. The smallest absolute Gasteiger partial charge is 0.238 e. The summed E-state index contributed by atoms with van der Waals surface area (Å²) in [5.41, 5.74) is 2.21. The van der Waals surface area contributed by atoms with E-state index in [-0.39, 0.29) is 24.9 Å². The van der Waals surface area contributed by atoms with Crippen LogP contribution in [-0.4, -0.2) is 44.0 Å². The largest absolute Gasteiger partial charge is 0.495 e. The fourth-order valence-electron chi connectivity index (χ4n) is 3.55. The van der Waals surface area contributed by atoms with Gasteiger partial charge in [0.05, 0.1) is 41.6 Å². The highest BCUT2D eigenvalue weighted by Crippen LogP contribution is 2.36. The van der Waals surface area contributed by atoms with Gasteiger partial charge in [-0.15, -0.1) is 0 Å². The second-order valence-corrected chi connectivity index (χ2v) is 8.33. The zero-order valence-electron chi connectivity index (χ0n) is 17.9. The highest BCUT2D eigenvalue weighted by molar-refractivity contribution is 6.39. The molecule has 0 aliphatic carbocycles. The highest BCUT2D eigenvalue weighted by atomic mass is 35.5. The molecular formula is C24H21Cl2N3O4. The average Bonchev–Trinajstić information content (AvgIpc) is 3.12. The van der Waals surface area contributed by atoms with Crippen LogP contribution < -0.4 is 15.4 Å². The van der Waals surface area contributed by atoms with Crippen LogP contribution in [0.4, 0.5) is 11.4 Å². The van der Waals surface area contributed by atoms with E-state index in [1.54, 1.807) is 36.2 Å². The summed E-state index contributed by atoms with van der Waals surface area (Å²) < 4.78 is 11.4. The summed E-state index contributed by atoms with van der Waals surface area (Å²) in [6, 6.07) is 16.2. The summed E-state index contributed by atoms with van der Waals surface area (Å²) in [7, 11) is 3.20. The molecule has 33 heavy (non-hydrogen) atoms. The molecule has 0 unspecified atom stereocenters. The second kappa shape index (κ2) is 9.70. The topological polar surface area (TPSA) is 83.8 Å². The number of amides is 2. The minimum absolute atomic E-state index is 0.0228. The van der Waals surface area contributed by atoms with Crippen molar-refractivity contribution < 1.29 is 18.7 Å². The Hall–Kier alpha value is -3.26. The molecule has 0 bridgehead atoms. The molecule has 2 N–H and O–H groups in total. The number of para-hydroxylation sites is 2. The van der Waals surface area contributed by atoms with E-state index in [1.165, 1.54) is 7.11 Å². The molecule has 1 heterocycles. The van der Waals surface area contributed by atoms with Crippen LogP contribution in [0.15, 0.2) is 59.0 Å². The number of halogens is 2. The lowest BCUT2D eigenvalue weighted by Gasteiger charge is -2.17. The first-order valence-corrected chi connectivity index (χ1v) is 10.8. The Morgan fingerprint density at radius 2 is 1.58 bits per heavy atom. The average molecular weight is 486 g/mol. The molecule has 0 saturated carbocycles. The Bertz CT molecular complexity index is 1330. The third-order valence-electron chi connectivity index (χ3n) is 5.03. The van der Waals surface area contributed by atoms with Gasteiger partial charge in [0.25, 0.3) is 0 Å². The van der Waals surface area contributed by atoms with Crippen molar-refractivity contribution in [2.75, 3.05) is 37.9 Å². The van der Waals surface area contributed by atoms with Crippen LogP contribution in [0, 0.1) is 0 Å². The minimum Gasteiger partial charge on any atom is -0.495 e. The number of likely N-dealkylation sites (N-methyl/N-ethyl adjacent to an activating group) is 1. The standard InChI is InChI=1S/C24H21Cl2N3O4/c1-29(13-23(31)28-24-16(25)7-5-8-17(24)26)12-22(30)27-18-11-20-15(10-21(18)32-2)14-6-3-4-9-19(14)33-20/h3-11H,12-13H2,1-2H3,(H,27,30)(H,28,31). The molecule has 0 atom stereocenters. The Labute approximate surface area is 200 Å². The van der Waals surface area contributed by atoms with E-state index >= 15 is 0 Å². The summed E-state index contributed by atoms with van der Waals surface area (Å²) in [6.45, 7) is -0.0558. The highest BCUT2D eigenvalue weighted by Gasteiger charge is 2.17. The molecule has 7 nitrogen and oxygen atoms in total. The molecular weight excluding hydrogens is 465 g/mol. The molecule has 2 amide bonds. The van der Waals surface area contributed by atoms with Crippen LogP contribution in [-0.2, 0) is 9.59 Å². The van der Waals surface area contributed by atoms with Gasteiger partial charge in [-0.3, -0.25) is 14.5 Å². The van der Waals surface area contributed by atoms with Gasteiger partial charge < -0.3 is 19.8 Å². The number of benzene rings is 3. The summed E-state index contributed by atoms with van der Waals surface area (Å²) in [5, 5.41) is 8.04. The summed E-state index contributed by atoms with van der Waals surface area (Å²) in [6.07, 6.45) is 0. The van der Waals surface area contributed by atoms with E-state index in [4.69, 9.17) is 32.4 Å². The van der Waals surface area contributed by atoms with Gasteiger partial charge in [-0.05, 0) is 31.3 Å². The fourth-order valence-corrected chi connectivity index (χ4v) is 4.04. The van der Waals surface area contributed by atoms with Gasteiger partial charge in [-0.1, -0.05) is 47.5 Å². The zero-order chi connectivity index (χ0) is 23.5. The maximum Gasteiger partial charge on any atom is 0.238 e. The second-order valence-electron chi connectivity index (χ2n) is 7.51. The molecule has 0 radical (unpaired) electrons. The Kier molecular flexibility index (Phi) is 6.74. The van der Waals surface area contributed by atoms with E-state index in [0.717, 1.165) is 16.4 Å². The maximum absolute atomic E-state index is 12.6. The lowest BCUT2D eigenvalue weighted by atomic mass is 10.1. The number of hydrogen-bond donors (Lipinski definition) is 2. The van der Waals surface area contributed by atoms with Crippen LogP contribution in [0.3, 0.4) is 0 Å². The molecule has 1 aromatic heterocycles. The molecule has 4 rings (SSSR count). The lowest BCUT2D eigenvalue weighted by molar-refractivity contribution is -0.119. The summed E-state index contributed by atoms with van der Waals surface area (Å²) in [4.78, 5) is 26.6. The monoisotopic (exact) mass is 485 g/mol. The van der Waals surface area contributed by atoms with Crippen LogP contribution in [0.5, 0.6) is 5.75 Å². The number of nitrogens with zero attached hydrogens (tertiary/aromatic N) is 1. The van der Waals surface area contributed by atoms with Crippen LogP contribution in [0.2, 0.25) is 10.0 Å².